The molecule has 0 saturated carbocycles. The minimum absolute atomic E-state index is 0.490. The summed E-state index contributed by atoms with van der Waals surface area (Å²) in [6, 6.07) is 16.6. The lowest BCUT2D eigenvalue weighted by Crippen LogP contribution is -2.34. The second kappa shape index (κ2) is 9.99. The summed E-state index contributed by atoms with van der Waals surface area (Å²) in [4.78, 5) is 4.86. The van der Waals surface area contributed by atoms with Crippen molar-refractivity contribution in [2.24, 2.45) is 5.92 Å². The molecule has 1 heterocycles. The van der Waals surface area contributed by atoms with Crippen LogP contribution in [-0.4, -0.2) is 49.3 Å². The van der Waals surface area contributed by atoms with Gasteiger partial charge in [0.15, 0.2) is 6.23 Å². The van der Waals surface area contributed by atoms with Gasteiger partial charge in [-0.3, -0.25) is 0 Å². The van der Waals surface area contributed by atoms with E-state index in [1.54, 1.807) is 0 Å². The van der Waals surface area contributed by atoms with E-state index in [0.29, 0.717) is 18.6 Å². The lowest BCUT2D eigenvalue weighted by Gasteiger charge is -2.24. The number of nitrogens with zero attached hydrogens (tertiary/aromatic N) is 2. The molecule has 2 aromatic carbocycles. The molecule has 5 nitrogen and oxygen atoms in total. The van der Waals surface area contributed by atoms with E-state index >= 15 is 0 Å². The van der Waals surface area contributed by atoms with Crippen LogP contribution in [-0.2, 0) is 0 Å². The number of benzene rings is 2. The first-order valence-corrected chi connectivity index (χ1v) is 10.7. The van der Waals surface area contributed by atoms with Crippen molar-refractivity contribution in [1.29, 1.82) is 0 Å². The molecule has 2 unspecified atom stereocenters. The van der Waals surface area contributed by atoms with Gasteiger partial charge in [-0.1, -0.05) is 32.9 Å². The van der Waals surface area contributed by atoms with E-state index in [-0.39, 0.29) is 0 Å². The van der Waals surface area contributed by atoms with E-state index in [9.17, 15) is 5.11 Å². The lowest BCUT2D eigenvalue weighted by molar-refractivity contribution is 0.208. The predicted octanol–water partition coefficient (Wildman–Crippen LogP) is 4.35. The fraction of sp³-hybridized carbons (Fsp3) is 0.500. The molecule has 3 rings (SSSR count). The molecule has 2 N–H and O–H groups in total. The highest BCUT2D eigenvalue weighted by Crippen LogP contribution is 2.26. The van der Waals surface area contributed by atoms with Gasteiger partial charge in [0.1, 0.15) is 5.75 Å². The summed E-state index contributed by atoms with van der Waals surface area (Å²) in [6.07, 6.45) is 0.453. The predicted molar refractivity (Wildman–Crippen MR) is 121 cm³/mol. The van der Waals surface area contributed by atoms with E-state index < -0.39 is 6.23 Å². The molecular formula is C24H35N3O2. The number of anilines is 2. The minimum Gasteiger partial charge on any atom is -0.493 e. The second-order valence-electron chi connectivity index (χ2n) is 8.33. The molecule has 0 radical (unpaired) electrons. The summed E-state index contributed by atoms with van der Waals surface area (Å²) in [6.45, 7) is 10.4. The first-order valence-electron chi connectivity index (χ1n) is 10.7. The molecule has 29 heavy (non-hydrogen) atoms. The van der Waals surface area contributed by atoms with E-state index in [0.717, 1.165) is 36.6 Å². The topological polar surface area (TPSA) is 48.0 Å². The number of rotatable bonds is 9. The van der Waals surface area contributed by atoms with Crippen molar-refractivity contribution >= 4 is 11.4 Å². The Hall–Kier alpha value is -2.24. The van der Waals surface area contributed by atoms with Crippen molar-refractivity contribution < 1.29 is 9.84 Å². The zero-order valence-corrected chi connectivity index (χ0v) is 18.1. The molecule has 1 aliphatic rings. The van der Waals surface area contributed by atoms with E-state index in [2.05, 4.69) is 55.1 Å². The van der Waals surface area contributed by atoms with Crippen molar-refractivity contribution in [1.82, 2.24) is 4.90 Å². The molecule has 0 spiro atoms. The largest absolute Gasteiger partial charge is 0.493 e. The summed E-state index contributed by atoms with van der Waals surface area (Å²) in [7, 11) is 2.20. The van der Waals surface area contributed by atoms with Crippen molar-refractivity contribution in [2.75, 3.05) is 43.5 Å². The Balaban J connectivity index is 1.54. The molecule has 0 aliphatic carbocycles. The zero-order chi connectivity index (χ0) is 20.8. The maximum atomic E-state index is 10.5. The summed E-state index contributed by atoms with van der Waals surface area (Å²) in [5.41, 5.74) is 2.96. The van der Waals surface area contributed by atoms with Crippen LogP contribution in [0.3, 0.4) is 0 Å². The first kappa shape index (κ1) is 21.5. The molecule has 0 bridgehead atoms. The molecule has 0 aromatic heterocycles. The van der Waals surface area contributed by atoms with Crippen molar-refractivity contribution in [2.45, 2.75) is 39.5 Å². The summed E-state index contributed by atoms with van der Waals surface area (Å²) in [5.74, 6) is 1.32. The van der Waals surface area contributed by atoms with Crippen LogP contribution in [0.25, 0.3) is 0 Å². The van der Waals surface area contributed by atoms with E-state index in [4.69, 9.17) is 4.74 Å². The van der Waals surface area contributed by atoms with Crippen LogP contribution in [0.2, 0.25) is 0 Å². The molecule has 1 saturated heterocycles. The molecule has 2 atom stereocenters. The highest BCUT2D eigenvalue weighted by molar-refractivity contribution is 5.56. The van der Waals surface area contributed by atoms with Crippen molar-refractivity contribution in [3.05, 3.63) is 54.1 Å². The van der Waals surface area contributed by atoms with Crippen molar-refractivity contribution in [3.8, 4) is 5.75 Å². The monoisotopic (exact) mass is 397 g/mol. The average Bonchev–Trinajstić information content (AvgIpc) is 3.23. The van der Waals surface area contributed by atoms with Gasteiger partial charge >= 0.3 is 0 Å². The highest BCUT2D eigenvalue weighted by Gasteiger charge is 2.25. The number of aliphatic hydroxyl groups is 1. The van der Waals surface area contributed by atoms with Crippen LogP contribution in [0.4, 0.5) is 11.4 Å². The third-order valence-electron chi connectivity index (χ3n) is 5.60. The zero-order valence-electron chi connectivity index (χ0n) is 18.1. The van der Waals surface area contributed by atoms with Crippen LogP contribution in [0, 0.1) is 5.92 Å². The Kier molecular flexibility index (Phi) is 7.40. The second-order valence-corrected chi connectivity index (χ2v) is 8.33. The third kappa shape index (κ3) is 5.87. The van der Waals surface area contributed by atoms with Crippen LogP contribution >= 0.6 is 0 Å². The van der Waals surface area contributed by atoms with Gasteiger partial charge in [0.2, 0.25) is 0 Å². The SMILES string of the molecule is CCN(C)C1CCN(c2ccc(NC(O)c3ccc(OCC(C)C)cc3)cc2)C1. The van der Waals surface area contributed by atoms with Gasteiger partial charge < -0.3 is 25.0 Å². The fourth-order valence-corrected chi connectivity index (χ4v) is 3.61. The molecule has 1 aliphatic heterocycles. The smallest absolute Gasteiger partial charge is 0.150 e. The van der Waals surface area contributed by atoms with Gasteiger partial charge in [-0.25, -0.2) is 0 Å². The van der Waals surface area contributed by atoms with E-state index in [1.807, 2.05) is 36.4 Å². The van der Waals surface area contributed by atoms with Gasteiger partial charge in [0.05, 0.1) is 6.61 Å². The molecule has 158 valence electrons. The number of hydrogen-bond acceptors (Lipinski definition) is 5. The number of hydrogen-bond donors (Lipinski definition) is 2. The van der Waals surface area contributed by atoms with Gasteiger partial charge in [0, 0.05) is 36.1 Å². The Morgan fingerprint density at radius 3 is 2.45 bits per heavy atom. The van der Waals surface area contributed by atoms with Crippen LogP contribution in [0.15, 0.2) is 48.5 Å². The maximum Gasteiger partial charge on any atom is 0.150 e. The Labute approximate surface area is 175 Å². The molecular weight excluding hydrogens is 362 g/mol. The number of ether oxygens (including phenoxy) is 1. The minimum atomic E-state index is -0.755. The quantitative estimate of drug-likeness (QED) is 0.616. The van der Waals surface area contributed by atoms with Crippen LogP contribution < -0.4 is 15.0 Å². The molecule has 5 heteroatoms. The Morgan fingerprint density at radius 2 is 1.83 bits per heavy atom. The average molecular weight is 398 g/mol. The van der Waals surface area contributed by atoms with Crippen LogP contribution in [0.1, 0.15) is 39.0 Å². The van der Waals surface area contributed by atoms with E-state index in [1.165, 1.54) is 12.1 Å². The van der Waals surface area contributed by atoms with Crippen molar-refractivity contribution in [3.63, 3.8) is 0 Å². The van der Waals surface area contributed by atoms with Gasteiger partial charge in [-0.05, 0) is 62.3 Å². The van der Waals surface area contributed by atoms with Gasteiger partial charge in [-0.15, -0.1) is 0 Å². The first-order chi connectivity index (χ1) is 14.0. The van der Waals surface area contributed by atoms with Crippen LogP contribution in [0.5, 0.6) is 5.75 Å². The summed E-state index contributed by atoms with van der Waals surface area (Å²) in [5, 5.41) is 13.7. The maximum absolute atomic E-state index is 10.5. The Morgan fingerprint density at radius 1 is 1.14 bits per heavy atom. The summed E-state index contributed by atoms with van der Waals surface area (Å²) >= 11 is 0. The number of nitrogens with one attached hydrogen (secondary N) is 1. The third-order valence-corrected chi connectivity index (χ3v) is 5.60. The fourth-order valence-electron chi connectivity index (χ4n) is 3.61. The number of likely N-dealkylation sites (N-methyl/N-ethyl adjacent to an activating group) is 1. The molecule has 2 aromatic rings. The Bertz CT molecular complexity index is 746. The highest BCUT2D eigenvalue weighted by atomic mass is 16.5. The molecule has 0 amide bonds. The lowest BCUT2D eigenvalue weighted by atomic mass is 10.1. The van der Waals surface area contributed by atoms with Gasteiger partial charge in [-0.2, -0.15) is 0 Å². The summed E-state index contributed by atoms with van der Waals surface area (Å²) < 4.78 is 5.70. The normalized spacial score (nSPS) is 17.8. The standard InChI is InChI=1S/C24H35N3O2/c1-5-26(4)22-14-15-27(16-22)21-10-8-20(9-11-21)25-24(28)19-6-12-23(13-7-19)29-17-18(2)3/h6-13,18,22,24-25,28H,5,14-17H2,1-4H3. The molecule has 1 fully saturated rings. The number of aliphatic hydroxyl groups excluding tert-OH is 1. The van der Waals surface area contributed by atoms with Gasteiger partial charge in [0.25, 0.3) is 0 Å².